The Labute approximate surface area is 232 Å². The van der Waals surface area contributed by atoms with Gasteiger partial charge in [-0.25, -0.2) is 0 Å². The van der Waals surface area contributed by atoms with E-state index in [-0.39, 0.29) is 24.1 Å². The number of benzene rings is 3. The van der Waals surface area contributed by atoms with Gasteiger partial charge in [0.05, 0.1) is 5.75 Å². The molecule has 3 aromatic rings. The minimum absolute atomic E-state index is 0.138. The molecule has 1 N–H and O–H groups in total. The van der Waals surface area contributed by atoms with Crippen LogP contribution in [0.5, 0.6) is 0 Å². The molecular weight excluding hydrogens is 535 g/mol. The van der Waals surface area contributed by atoms with Crippen molar-refractivity contribution in [3.8, 4) is 0 Å². The number of rotatable bonds is 12. The highest BCUT2D eigenvalue weighted by Crippen LogP contribution is 2.25. The van der Waals surface area contributed by atoms with Crippen molar-refractivity contribution in [2.24, 2.45) is 0 Å². The molecule has 0 saturated carbocycles. The Morgan fingerprint density at radius 3 is 2.33 bits per heavy atom. The minimum atomic E-state index is -0.690. The van der Waals surface area contributed by atoms with E-state index in [4.69, 9.17) is 34.8 Å². The first kappa shape index (κ1) is 28.4. The van der Waals surface area contributed by atoms with Gasteiger partial charge in [-0.3, -0.25) is 9.59 Å². The Morgan fingerprint density at radius 1 is 0.917 bits per heavy atom. The van der Waals surface area contributed by atoms with Gasteiger partial charge >= 0.3 is 0 Å². The van der Waals surface area contributed by atoms with Gasteiger partial charge in [-0.05, 0) is 47.4 Å². The number of amides is 2. The van der Waals surface area contributed by atoms with Gasteiger partial charge in [0.15, 0.2) is 0 Å². The lowest BCUT2D eigenvalue weighted by molar-refractivity contribution is -0.139. The normalized spacial score (nSPS) is 11.7. The molecule has 0 aromatic heterocycles. The molecule has 0 aliphatic heterocycles. The Bertz CT molecular complexity index is 1160. The van der Waals surface area contributed by atoms with Crippen LogP contribution in [-0.2, 0) is 28.3 Å². The molecule has 190 valence electrons. The molecule has 0 fully saturated rings. The van der Waals surface area contributed by atoms with E-state index in [1.54, 1.807) is 23.1 Å². The Morgan fingerprint density at radius 2 is 1.64 bits per heavy atom. The molecule has 0 spiro atoms. The maximum Gasteiger partial charge on any atom is 0.243 e. The van der Waals surface area contributed by atoms with Crippen LogP contribution in [-0.4, -0.2) is 35.1 Å². The van der Waals surface area contributed by atoms with Crippen molar-refractivity contribution in [3.63, 3.8) is 0 Å². The van der Waals surface area contributed by atoms with Gasteiger partial charge in [-0.15, -0.1) is 11.8 Å². The summed E-state index contributed by atoms with van der Waals surface area (Å²) in [5, 5.41) is 4.61. The van der Waals surface area contributed by atoms with E-state index in [0.29, 0.717) is 33.8 Å². The molecule has 4 nitrogen and oxygen atoms in total. The second-order valence-corrected chi connectivity index (χ2v) is 10.6. The molecule has 0 bridgehead atoms. The molecule has 36 heavy (non-hydrogen) atoms. The Kier molecular flexibility index (Phi) is 11.5. The van der Waals surface area contributed by atoms with Gasteiger partial charge in [0.25, 0.3) is 0 Å². The number of thioether (sulfide) groups is 1. The number of hydrogen-bond donors (Lipinski definition) is 1. The molecule has 0 aliphatic rings. The van der Waals surface area contributed by atoms with Crippen LogP contribution in [0.25, 0.3) is 0 Å². The summed E-state index contributed by atoms with van der Waals surface area (Å²) in [7, 11) is 0. The van der Waals surface area contributed by atoms with Crippen LogP contribution in [0.3, 0.4) is 0 Å². The molecular formula is C28H29Cl3N2O2S. The third kappa shape index (κ3) is 8.74. The highest BCUT2D eigenvalue weighted by atomic mass is 35.5. The topological polar surface area (TPSA) is 49.4 Å². The van der Waals surface area contributed by atoms with E-state index in [2.05, 4.69) is 5.32 Å². The molecule has 0 heterocycles. The summed E-state index contributed by atoms with van der Waals surface area (Å²) in [5.74, 6) is 0.525. The monoisotopic (exact) mass is 562 g/mol. The maximum absolute atomic E-state index is 13.6. The van der Waals surface area contributed by atoms with Crippen LogP contribution in [0.1, 0.15) is 30.0 Å². The quantitative estimate of drug-likeness (QED) is 0.257. The molecule has 3 aromatic carbocycles. The number of nitrogens with zero attached hydrogens (tertiary/aromatic N) is 1. The first-order chi connectivity index (χ1) is 17.4. The fourth-order valence-electron chi connectivity index (χ4n) is 3.72. The molecule has 0 aliphatic carbocycles. The Hall–Kier alpha value is -2.18. The largest absolute Gasteiger partial charge is 0.354 e. The molecule has 1 unspecified atom stereocenters. The van der Waals surface area contributed by atoms with Crippen molar-refractivity contribution in [3.05, 3.63) is 105 Å². The predicted molar refractivity (Wildman–Crippen MR) is 152 cm³/mol. The molecule has 8 heteroatoms. The highest BCUT2D eigenvalue weighted by Gasteiger charge is 2.30. The van der Waals surface area contributed by atoms with Gasteiger partial charge in [-0.1, -0.05) is 90.3 Å². The zero-order chi connectivity index (χ0) is 25.9. The third-order valence-corrected chi connectivity index (χ3v) is 7.37. The molecule has 1 atom stereocenters. The molecule has 0 radical (unpaired) electrons. The van der Waals surface area contributed by atoms with Crippen molar-refractivity contribution in [2.45, 2.75) is 38.1 Å². The van der Waals surface area contributed by atoms with Crippen LogP contribution in [0, 0.1) is 0 Å². The summed E-state index contributed by atoms with van der Waals surface area (Å²) in [5.41, 5.74) is 2.74. The number of carbonyl (C=O) groups excluding carboxylic acids is 2. The first-order valence-electron chi connectivity index (χ1n) is 11.7. The van der Waals surface area contributed by atoms with Crippen molar-refractivity contribution < 1.29 is 9.59 Å². The fraction of sp³-hybridized carbons (Fsp3) is 0.286. The summed E-state index contributed by atoms with van der Waals surface area (Å²) < 4.78 is 0. The molecule has 3 rings (SSSR count). The van der Waals surface area contributed by atoms with Crippen molar-refractivity contribution in [1.82, 2.24) is 10.2 Å². The highest BCUT2D eigenvalue weighted by molar-refractivity contribution is 7.99. The average molecular weight is 564 g/mol. The number of halogens is 3. The summed E-state index contributed by atoms with van der Waals surface area (Å²) in [6.07, 6.45) is 1.20. The minimum Gasteiger partial charge on any atom is -0.354 e. The van der Waals surface area contributed by atoms with Gasteiger partial charge in [0, 0.05) is 40.3 Å². The zero-order valence-electron chi connectivity index (χ0n) is 20.1. The zero-order valence-corrected chi connectivity index (χ0v) is 23.1. The van der Waals surface area contributed by atoms with Crippen molar-refractivity contribution in [1.29, 1.82) is 0 Å². The smallest absolute Gasteiger partial charge is 0.243 e. The first-order valence-corrected chi connectivity index (χ1v) is 14.0. The number of hydrogen-bond acceptors (Lipinski definition) is 3. The lowest BCUT2D eigenvalue weighted by Gasteiger charge is -2.32. The van der Waals surface area contributed by atoms with E-state index in [1.807, 2.05) is 61.5 Å². The van der Waals surface area contributed by atoms with Crippen molar-refractivity contribution in [2.75, 3.05) is 12.3 Å². The Balaban J connectivity index is 1.86. The average Bonchev–Trinajstić information content (AvgIpc) is 2.86. The van der Waals surface area contributed by atoms with Crippen LogP contribution < -0.4 is 5.32 Å². The van der Waals surface area contributed by atoms with E-state index in [1.165, 1.54) is 11.8 Å². The van der Waals surface area contributed by atoms with Crippen LogP contribution in [0.15, 0.2) is 72.8 Å². The standard InChI is InChI=1S/C28H29Cl3N2O2S/c1-2-13-32-28(35)26(15-20-7-4-3-5-8-20)33(17-22-11-12-24(30)16-25(22)31)27(34)19-36-18-21-9-6-10-23(29)14-21/h3-12,14,16,26H,2,13,15,17-19H2,1H3,(H,32,35). The number of carbonyl (C=O) groups is 2. The van der Waals surface area contributed by atoms with E-state index in [0.717, 1.165) is 23.1 Å². The van der Waals surface area contributed by atoms with E-state index < -0.39 is 6.04 Å². The van der Waals surface area contributed by atoms with Crippen LogP contribution >= 0.6 is 46.6 Å². The second kappa shape index (κ2) is 14.5. The van der Waals surface area contributed by atoms with Gasteiger partial charge in [0.1, 0.15) is 6.04 Å². The number of nitrogens with one attached hydrogen (secondary N) is 1. The lowest BCUT2D eigenvalue weighted by Crippen LogP contribution is -2.51. The lowest BCUT2D eigenvalue weighted by atomic mass is 10.0. The fourth-order valence-corrected chi connectivity index (χ4v) is 5.26. The second-order valence-electron chi connectivity index (χ2n) is 8.38. The van der Waals surface area contributed by atoms with E-state index >= 15 is 0 Å². The predicted octanol–water partition coefficient (Wildman–Crippen LogP) is 7.05. The SMILES string of the molecule is CCCNC(=O)C(Cc1ccccc1)N(Cc1ccc(Cl)cc1Cl)C(=O)CSCc1cccc(Cl)c1. The summed E-state index contributed by atoms with van der Waals surface area (Å²) in [6, 6.07) is 21.8. The van der Waals surface area contributed by atoms with Crippen LogP contribution in [0.2, 0.25) is 15.1 Å². The maximum atomic E-state index is 13.6. The van der Waals surface area contributed by atoms with Gasteiger partial charge < -0.3 is 10.2 Å². The van der Waals surface area contributed by atoms with Crippen LogP contribution in [0.4, 0.5) is 0 Å². The summed E-state index contributed by atoms with van der Waals surface area (Å²) in [4.78, 5) is 28.6. The van der Waals surface area contributed by atoms with E-state index in [9.17, 15) is 9.59 Å². The molecule has 0 saturated heterocycles. The van der Waals surface area contributed by atoms with Gasteiger partial charge in [0.2, 0.25) is 11.8 Å². The summed E-state index contributed by atoms with van der Waals surface area (Å²) >= 11 is 20.1. The molecule has 2 amide bonds. The third-order valence-electron chi connectivity index (χ3n) is 5.56. The summed E-state index contributed by atoms with van der Waals surface area (Å²) in [6.45, 7) is 2.73. The van der Waals surface area contributed by atoms with Crippen molar-refractivity contribution >= 4 is 58.4 Å². The van der Waals surface area contributed by atoms with Gasteiger partial charge in [-0.2, -0.15) is 0 Å².